The Morgan fingerprint density at radius 3 is 2.63 bits per heavy atom. The number of hydrogen-bond donors (Lipinski definition) is 1. The molecule has 2 aromatic rings. The highest BCUT2D eigenvalue weighted by molar-refractivity contribution is 6.42. The summed E-state index contributed by atoms with van der Waals surface area (Å²) >= 11 is 17.5. The SMILES string of the molecule is O=C(O)c1cc(Oc2cccc(Cl)c2Cl)ncc1Cl. The summed E-state index contributed by atoms with van der Waals surface area (Å²) in [5.74, 6) is -0.833. The molecule has 0 spiro atoms. The maximum atomic E-state index is 10.9. The van der Waals surface area contributed by atoms with Gasteiger partial charge in [0.1, 0.15) is 10.8 Å². The normalized spacial score (nSPS) is 10.3. The number of ether oxygens (including phenoxy) is 1. The van der Waals surface area contributed by atoms with Crippen LogP contribution in [0.1, 0.15) is 10.4 Å². The van der Waals surface area contributed by atoms with Crippen LogP contribution in [-0.2, 0) is 0 Å². The molecule has 1 aromatic carbocycles. The van der Waals surface area contributed by atoms with Gasteiger partial charge in [0.05, 0.1) is 21.8 Å². The topological polar surface area (TPSA) is 59.4 Å². The van der Waals surface area contributed by atoms with Gasteiger partial charge in [0.15, 0.2) is 0 Å². The van der Waals surface area contributed by atoms with Crippen molar-refractivity contribution in [2.24, 2.45) is 0 Å². The van der Waals surface area contributed by atoms with Gasteiger partial charge in [-0.05, 0) is 12.1 Å². The Morgan fingerprint density at radius 1 is 1.21 bits per heavy atom. The summed E-state index contributed by atoms with van der Waals surface area (Å²) in [6.07, 6.45) is 1.19. The van der Waals surface area contributed by atoms with Gasteiger partial charge in [0, 0.05) is 6.07 Å². The molecule has 1 aromatic heterocycles. The molecule has 0 aliphatic heterocycles. The summed E-state index contributed by atoms with van der Waals surface area (Å²) in [6, 6.07) is 6.05. The van der Waals surface area contributed by atoms with Crippen molar-refractivity contribution in [3.05, 3.63) is 51.1 Å². The molecule has 1 N–H and O–H groups in total. The summed E-state index contributed by atoms with van der Waals surface area (Å²) < 4.78 is 5.39. The van der Waals surface area contributed by atoms with Crippen molar-refractivity contribution in [2.45, 2.75) is 0 Å². The minimum atomic E-state index is -1.17. The highest BCUT2D eigenvalue weighted by Gasteiger charge is 2.13. The first-order valence-corrected chi connectivity index (χ1v) is 6.13. The summed E-state index contributed by atoms with van der Waals surface area (Å²) in [5, 5.41) is 9.51. The van der Waals surface area contributed by atoms with E-state index in [9.17, 15) is 4.79 Å². The van der Waals surface area contributed by atoms with Crippen LogP contribution in [0.25, 0.3) is 0 Å². The Kier molecular flexibility index (Phi) is 4.14. The lowest BCUT2D eigenvalue weighted by Gasteiger charge is -2.08. The third kappa shape index (κ3) is 3.10. The standard InChI is InChI=1S/C12H6Cl3NO3/c13-7-2-1-3-9(11(7)15)19-10-4-6(12(17)18)8(14)5-16-10/h1-5H,(H,17,18). The van der Waals surface area contributed by atoms with Crippen molar-refractivity contribution in [3.8, 4) is 11.6 Å². The van der Waals surface area contributed by atoms with Gasteiger partial charge >= 0.3 is 5.97 Å². The fraction of sp³-hybridized carbons (Fsp3) is 0. The monoisotopic (exact) mass is 317 g/mol. The molecule has 0 aliphatic carbocycles. The van der Waals surface area contributed by atoms with E-state index in [2.05, 4.69) is 4.98 Å². The largest absolute Gasteiger partial charge is 0.478 e. The van der Waals surface area contributed by atoms with E-state index in [1.165, 1.54) is 12.3 Å². The number of carbonyl (C=O) groups is 1. The van der Waals surface area contributed by atoms with Crippen LogP contribution in [0, 0.1) is 0 Å². The number of benzene rings is 1. The Morgan fingerprint density at radius 2 is 1.95 bits per heavy atom. The lowest BCUT2D eigenvalue weighted by atomic mass is 10.2. The first kappa shape index (κ1) is 13.9. The maximum absolute atomic E-state index is 10.9. The fourth-order valence-corrected chi connectivity index (χ4v) is 1.83. The quantitative estimate of drug-likeness (QED) is 0.903. The van der Waals surface area contributed by atoms with Crippen LogP contribution in [-0.4, -0.2) is 16.1 Å². The summed E-state index contributed by atoms with van der Waals surface area (Å²) in [7, 11) is 0. The van der Waals surface area contributed by atoms with Gasteiger partial charge in [-0.3, -0.25) is 0 Å². The number of nitrogens with zero attached hydrogens (tertiary/aromatic N) is 1. The molecule has 0 saturated carbocycles. The van der Waals surface area contributed by atoms with Gasteiger partial charge in [-0.1, -0.05) is 40.9 Å². The second-order valence-electron chi connectivity index (χ2n) is 3.46. The molecule has 0 bridgehead atoms. The van der Waals surface area contributed by atoms with E-state index in [1.807, 2.05) is 0 Å². The molecule has 0 saturated heterocycles. The number of aromatic nitrogens is 1. The third-order valence-corrected chi connectivity index (χ3v) is 3.29. The van der Waals surface area contributed by atoms with E-state index < -0.39 is 5.97 Å². The zero-order chi connectivity index (χ0) is 14.0. The lowest BCUT2D eigenvalue weighted by Crippen LogP contribution is -1.99. The first-order chi connectivity index (χ1) is 8.99. The summed E-state index contributed by atoms with van der Waals surface area (Å²) in [5.41, 5.74) is -0.107. The Labute approximate surface area is 123 Å². The minimum absolute atomic E-state index is 0.0250. The van der Waals surface area contributed by atoms with Gasteiger partial charge in [0.2, 0.25) is 5.88 Å². The smallest absolute Gasteiger partial charge is 0.337 e. The Hall–Kier alpha value is -1.49. The van der Waals surface area contributed by atoms with Gasteiger partial charge in [-0.2, -0.15) is 0 Å². The molecule has 2 rings (SSSR count). The highest BCUT2D eigenvalue weighted by Crippen LogP contribution is 2.34. The maximum Gasteiger partial charge on any atom is 0.337 e. The first-order valence-electron chi connectivity index (χ1n) is 4.99. The van der Waals surface area contributed by atoms with E-state index in [0.717, 1.165) is 0 Å². The average molecular weight is 319 g/mol. The third-order valence-electron chi connectivity index (χ3n) is 2.19. The molecule has 0 atom stereocenters. The number of carboxylic acid groups (broad SMARTS) is 1. The van der Waals surface area contributed by atoms with Gasteiger partial charge in [-0.25, -0.2) is 9.78 Å². The number of carboxylic acids is 1. The van der Waals surface area contributed by atoms with Crippen LogP contribution in [0.3, 0.4) is 0 Å². The van der Waals surface area contributed by atoms with E-state index >= 15 is 0 Å². The van der Waals surface area contributed by atoms with Crippen LogP contribution >= 0.6 is 34.8 Å². The highest BCUT2D eigenvalue weighted by atomic mass is 35.5. The molecule has 1 heterocycles. The Bertz CT molecular complexity index is 646. The number of aromatic carboxylic acids is 1. The number of pyridine rings is 1. The molecule has 0 amide bonds. The molecule has 0 radical (unpaired) electrons. The van der Waals surface area contributed by atoms with Crippen LogP contribution in [0.15, 0.2) is 30.5 Å². The van der Waals surface area contributed by atoms with Crippen LogP contribution in [0.5, 0.6) is 11.6 Å². The van der Waals surface area contributed by atoms with Crippen LogP contribution in [0.2, 0.25) is 15.1 Å². The number of rotatable bonds is 3. The predicted octanol–water partition coefficient (Wildman–Crippen LogP) is 4.53. The summed E-state index contributed by atoms with van der Waals surface area (Å²) in [6.45, 7) is 0. The molecular weight excluding hydrogens is 312 g/mol. The molecule has 4 nitrogen and oxygen atoms in total. The van der Waals surface area contributed by atoms with E-state index in [0.29, 0.717) is 5.02 Å². The zero-order valence-electron chi connectivity index (χ0n) is 9.23. The minimum Gasteiger partial charge on any atom is -0.478 e. The van der Waals surface area contributed by atoms with Crippen LogP contribution < -0.4 is 4.74 Å². The second kappa shape index (κ2) is 5.65. The van der Waals surface area contributed by atoms with E-state index in [4.69, 9.17) is 44.6 Å². The predicted molar refractivity (Wildman–Crippen MR) is 72.7 cm³/mol. The van der Waals surface area contributed by atoms with E-state index in [1.54, 1.807) is 18.2 Å². The van der Waals surface area contributed by atoms with Crippen molar-refractivity contribution >= 4 is 40.8 Å². The molecule has 7 heteroatoms. The molecule has 98 valence electrons. The zero-order valence-corrected chi connectivity index (χ0v) is 11.5. The van der Waals surface area contributed by atoms with Crippen molar-refractivity contribution in [1.29, 1.82) is 0 Å². The van der Waals surface area contributed by atoms with Crippen LogP contribution in [0.4, 0.5) is 0 Å². The van der Waals surface area contributed by atoms with Crippen molar-refractivity contribution < 1.29 is 14.6 Å². The fourth-order valence-electron chi connectivity index (χ4n) is 1.31. The van der Waals surface area contributed by atoms with Gasteiger partial charge < -0.3 is 9.84 Å². The van der Waals surface area contributed by atoms with Crippen molar-refractivity contribution in [2.75, 3.05) is 0 Å². The molecule has 0 fully saturated rings. The molecular formula is C12H6Cl3NO3. The molecule has 19 heavy (non-hydrogen) atoms. The van der Waals surface area contributed by atoms with E-state index in [-0.39, 0.29) is 27.2 Å². The number of hydrogen-bond acceptors (Lipinski definition) is 3. The molecule has 0 unspecified atom stereocenters. The summed E-state index contributed by atoms with van der Waals surface area (Å²) in [4.78, 5) is 14.8. The second-order valence-corrected chi connectivity index (χ2v) is 4.65. The molecule has 0 aliphatic rings. The Balaban J connectivity index is 2.36. The average Bonchev–Trinajstić information content (AvgIpc) is 2.37. The van der Waals surface area contributed by atoms with Gasteiger partial charge in [0.25, 0.3) is 0 Å². The van der Waals surface area contributed by atoms with Crippen molar-refractivity contribution in [3.63, 3.8) is 0 Å². The van der Waals surface area contributed by atoms with Crippen molar-refractivity contribution in [1.82, 2.24) is 4.98 Å². The number of halogens is 3. The van der Waals surface area contributed by atoms with Gasteiger partial charge in [-0.15, -0.1) is 0 Å². The lowest BCUT2D eigenvalue weighted by molar-refractivity contribution is 0.0696.